The van der Waals surface area contributed by atoms with Crippen LogP contribution in [0, 0.1) is 0 Å². The minimum Gasteiger partial charge on any atom is -0.497 e. The molecule has 1 unspecified atom stereocenters. The molecule has 0 spiro atoms. The van der Waals surface area contributed by atoms with Crippen LogP contribution in [0.2, 0.25) is 0 Å². The largest absolute Gasteiger partial charge is 0.497 e. The van der Waals surface area contributed by atoms with Gasteiger partial charge in [0.2, 0.25) is 0 Å². The second-order valence-corrected chi connectivity index (χ2v) is 5.74. The van der Waals surface area contributed by atoms with Crippen LogP contribution in [0.4, 0.5) is 18.9 Å². The molecule has 0 aliphatic rings. The number of benzene rings is 2. The van der Waals surface area contributed by atoms with Crippen molar-refractivity contribution in [2.45, 2.75) is 12.3 Å². The molecule has 0 aliphatic heterocycles. The summed E-state index contributed by atoms with van der Waals surface area (Å²) in [5, 5.41) is 4.54. The molecule has 9 heteroatoms. The van der Waals surface area contributed by atoms with E-state index in [1.165, 1.54) is 20.3 Å². The average Bonchev–Trinajstić information content (AvgIpc) is 2.68. The molecule has 1 atom stereocenters. The van der Waals surface area contributed by atoms with Gasteiger partial charge in [-0.1, -0.05) is 18.2 Å². The van der Waals surface area contributed by atoms with Crippen molar-refractivity contribution in [1.82, 2.24) is 5.32 Å². The normalized spacial score (nSPS) is 12.2. The van der Waals surface area contributed by atoms with Gasteiger partial charge in [-0.25, -0.2) is 0 Å². The molecule has 2 N–H and O–H groups in total. The van der Waals surface area contributed by atoms with E-state index in [-0.39, 0.29) is 12.2 Å². The highest BCUT2D eigenvalue weighted by molar-refractivity contribution is 6.39. The number of nitrogens with one attached hydrogen (secondary N) is 2. The third-order valence-electron chi connectivity index (χ3n) is 3.85. The maximum Gasteiger partial charge on any atom is 0.416 e. The molecule has 2 rings (SSSR count). The first-order chi connectivity index (χ1) is 13.2. The van der Waals surface area contributed by atoms with E-state index in [4.69, 9.17) is 9.47 Å². The smallest absolute Gasteiger partial charge is 0.416 e. The highest BCUT2D eigenvalue weighted by Gasteiger charge is 2.30. The number of carbonyl (C=O) groups is 2. The first-order valence-electron chi connectivity index (χ1n) is 8.17. The minimum absolute atomic E-state index is 0.0154. The Kier molecular flexibility index (Phi) is 7.00. The maximum absolute atomic E-state index is 12.7. The lowest BCUT2D eigenvalue weighted by atomic mass is 10.1. The van der Waals surface area contributed by atoms with Gasteiger partial charge >= 0.3 is 18.0 Å². The van der Waals surface area contributed by atoms with Crippen molar-refractivity contribution < 1.29 is 32.2 Å². The summed E-state index contributed by atoms with van der Waals surface area (Å²) in [6.45, 7) is -0.0154. The van der Waals surface area contributed by atoms with Crippen LogP contribution in [0.5, 0.6) is 5.75 Å². The predicted molar refractivity (Wildman–Crippen MR) is 95.8 cm³/mol. The molecule has 28 heavy (non-hydrogen) atoms. The molecule has 150 valence electrons. The Balaban J connectivity index is 1.97. The van der Waals surface area contributed by atoms with Crippen molar-refractivity contribution in [3.05, 3.63) is 59.7 Å². The van der Waals surface area contributed by atoms with Gasteiger partial charge in [-0.2, -0.15) is 13.2 Å². The van der Waals surface area contributed by atoms with Gasteiger partial charge in [0, 0.05) is 19.3 Å². The molecule has 0 fully saturated rings. The number of amides is 2. The van der Waals surface area contributed by atoms with Gasteiger partial charge in [0.05, 0.1) is 18.8 Å². The van der Waals surface area contributed by atoms with Gasteiger partial charge in [-0.05, 0) is 35.9 Å². The van der Waals surface area contributed by atoms with E-state index in [1.807, 2.05) is 0 Å². The lowest BCUT2D eigenvalue weighted by Gasteiger charge is -2.17. The van der Waals surface area contributed by atoms with Crippen LogP contribution in [0.1, 0.15) is 17.2 Å². The molecular formula is C19H19F3N2O4. The van der Waals surface area contributed by atoms with E-state index in [2.05, 4.69) is 10.6 Å². The average molecular weight is 396 g/mol. The van der Waals surface area contributed by atoms with Crippen molar-refractivity contribution in [1.29, 1.82) is 0 Å². The Morgan fingerprint density at radius 2 is 1.75 bits per heavy atom. The summed E-state index contributed by atoms with van der Waals surface area (Å²) < 4.78 is 48.6. The zero-order valence-electron chi connectivity index (χ0n) is 15.2. The van der Waals surface area contributed by atoms with Gasteiger partial charge in [-0.3, -0.25) is 9.59 Å². The van der Waals surface area contributed by atoms with Crippen molar-refractivity contribution in [2.24, 2.45) is 0 Å². The Morgan fingerprint density at radius 1 is 1.04 bits per heavy atom. The van der Waals surface area contributed by atoms with E-state index in [1.54, 1.807) is 24.3 Å². The number of halogens is 3. The maximum atomic E-state index is 12.7. The number of anilines is 1. The second-order valence-electron chi connectivity index (χ2n) is 5.74. The van der Waals surface area contributed by atoms with Gasteiger partial charge in [0.15, 0.2) is 0 Å². The van der Waals surface area contributed by atoms with Gasteiger partial charge < -0.3 is 20.1 Å². The molecule has 6 nitrogen and oxygen atoms in total. The van der Waals surface area contributed by atoms with E-state index in [0.29, 0.717) is 5.75 Å². The first-order valence-corrected chi connectivity index (χ1v) is 8.17. The predicted octanol–water partition coefficient (Wildman–Crippen LogP) is 3.16. The van der Waals surface area contributed by atoms with Crippen LogP contribution in [-0.4, -0.2) is 32.6 Å². The number of carbonyl (C=O) groups excluding carboxylic acids is 2. The first kappa shape index (κ1) is 21.2. The molecule has 0 bridgehead atoms. The van der Waals surface area contributed by atoms with Crippen molar-refractivity contribution in [2.75, 3.05) is 26.1 Å². The summed E-state index contributed by atoms with van der Waals surface area (Å²) in [6.07, 6.45) is -5.09. The Bertz CT molecular complexity index is 840. The lowest BCUT2D eigenvalue weighted by Crippen LogP contribution is -2.38. The fraction of sp³-hybridized carbons (Fsp3) is 0.263. The van der Waals surface area contributed by atoms with E-state index in [9.17, 15) is 22.8 Å². The Labute approximate surface area is 159 Å². The van der Waals surface area contributed by atoms with Crippen molar-refractivity contribution >= 4 is 17.5 Å². The number of rotatable bonds is 6. The Morgan fingerprint density at radius 3 is 2.39 bits per heavy atom. The van der Waals surface area contributed by atoms with E-state index in [0.717, 1.165) is 23.8 Å². The number of ether oxygens (including phenoxy) is 2. The van der Waals surface area contributed by atoms with Gasteiger partial charge in [0.1, 0.15) is 5.75 Å². The zero-order valence-corrected chi connectivity index (χ0v) is 15.2. The molecule has 0 saturated heterocycles. The molecule has 2 aromatic rings. The number of methoxy groups -OCH3 is 2. The topological polar surface area (TPSA) is 76.7 Å². The highest BCUT2D eigenvalue weighted by atomic mass is 19.4. The summed E-state index contributed by atoms with van der Waals surface area (Å²) in [5.41, 5.74) is -0.338. The SMILES string of the molecule is COc1cccc(C(CNC(=O)C(=O)Nc2cccc(C(F)(F)F)c2)OC)c1. The van der Waals surface area contributed by atoms with Gasteiger partial charge in [0.25, 0.3) is 0 Å². The third-order valence-corrected chi connectivity index (χ3v) is 3.85. The summed E-state index contributed by atoms with van der Waals surface area (Å²) in [7, 11) is 2.96. The summed E-state index contributed by atoms with van der Waals surface area (Å²) >= 11 is 0. The zero-order chi connectivity index (χ0) is 20.7. The molecule has 0 heterocycles. The monoisotopic (exact) mass is 396 g/mol. The molecule has 0 saturated carbocycles. The van der Waals surface area contributed by atoms with Crippen LogP contribution in [0.15, 0.2) is 48.5 Å². The molecule has 0 aliphatic carbocycles. The minimum atomic E-state index is -4.55. The fourth-order valence-electron chi connectivity index (χ4n) is 2.41. The molecule has 2 amide bonds. The van der Waals surface area contributed by atoms with Crippen LogP contribution < -0.4 is 15.4 Å². The molecule has 2 aromatic carbocycles. The van der Waals surface area contributed by atoms with Crippen LogP contribution in [0.3, 0.4) is 0 Å². The quantitative estimate of drug-likeness (QED) is 0.736. The van der Waals surface area contributed by atoms with Crippen LogP contribution in [-0.2, 0) is 20.5 Å². The summed E-state index contributed by atoms with van der Waals surface area (Å²) in [6, 6.07) is 11.0. The van der Waals surface area contributed by atoms with Crippen molar-refractivity contribution in [3.63, 3.8) is 0 Å². The number of hydrogen-bond acceptors (Lipinski definition) is 4. The number of alkyl halides is 3. The summed E-state index contributed by atoms with van der Waals surface area (Å²) in [4.78, 5) is 23.9. The lowest BCUT2D eigenvalue weighted by molar-refractivity contribution is -0.137. The van der Waals surface area contributed by atoms with Crippen LogP contribution in [0.25, 0.3) is 0 Å². The third kappa shape index (κ3) is 5.71. The fourth-order valence-corrected chi connectivity index (χ4v) is 2.41. The van der Waals surface area contributed by atoms with Crippen molar-refractivity contribution in [3.8, 4) is 5.75 Å². The molecule has 0 radical (unpaired) electrons. The number of hydrogen-bond donors (Lipinski definition) is 2. The van der Waals surface area contributed by atoms with E-state index < -0.39 is 29.7 Å². The highest BCUT2D eigenvalue weighted by Crippen LogP contribution is 2.30. The second kappa shape index (κ2) is 9.23. The molecule has 0 aromatic heterocycles. The summed E-state index contributed by atoms with van der Waals surface area (Å²) in [5.74, 6) is -1.48. The van der Waals surface area contributed by atoms with Crippen LogP contribution >= 0.6 is 0 Å². The van der Waals surface area contributed by atoms with E-state index >= 15 is 0 Å². The standard InChI is InChI=1S/C19H19F3N2O4/c1-27-15-8-3-5-12(9-15)16(28-2)11-23-17(25)18(26)24-14-7-4-6-13(10-14)19(20,21)22/h3-10,16H,11H2,1-2H3,(H,23,25)(H,24,26). The Hall–Kier alpha value is -3.07. The molecular weight excluding hydrogens is 377 g/mol. The van der Waals surface area contributed by atoms with Gasteiger partial charge in [-0.15, -0.1) is 0 Å².